The number of rotatable bonds is 7. The Morgan fingerprint density at radius 3 is 2.05 bits per heavy atom. The van der Waals surface area contributed by atoms with Gasteiger partial charge in [0.1, 0.15) is 0 Å². The molecule has 114 valence electrons. The summed E-state index contributed by atoms with van der Waals surface area (Å²) >= 11 is 5.81. The van der Waals surface area contributed by atoms with E-state index in [2.05, 4.69) is 5.32 Å². The smallest absolute Gasteiger partial charge is 0.303 e. The van der Waals surface area contributed by atoms with Gasteiger partial charge in [-0.3, -0.25) is 9.59 Å². The second-order valence-corrected chi connectivity index (χ2v) is 5.27. The first-order valence-corrected chi connectivity index (χ1v) is 7.30. The lowest BCUT2D eigenvalue weighted by Gasteiger charge is -2.07. The number of halogens is 1. The molecule has 0 atom stereocenters. The third-order valence-corrected chi connectivity index (χ3v) is 3.40. The maximum Gasteiger partial charge on any atom is 0.303 e. The number of carbonyl (C=O) groups is 2. The molecule has 2 N–H and O–H groups in total. The number of hydrogen-bond acceptors (Lipinski definition) is 3. The van der Waals surface area contributed by atoms with Crippen LogP contribution in [0, 0.1) is 0 Å². The van der Waals surface area contributed by atoms with Crippen molar-refractivity contribution < 1.29 is 14.7 Å². The van der Waals surface area contributed by atoms with E-state index >= 15 is 0 Å². The summed E-state index contributed by atoms with van der Waals surface area (Å²) in [4.78, 5) is 22.7. The summed E-state index contributed by atoms with van der Waals surface area (Å²) in [5, 5.41) is 12.3. The molecule has 0 bridgehead atoms. The molecule has 2 aromatic carbocycles. The number of hydrogen-bond donors (Lipinski definition) is 2. The predicted octanol–water partition coefficient (Wildman–Crippen LogP) is 3.85. The van der Waals surface area contributed by atoms with Crippen LogP contribution in [0.3, 0.4) is 0 Å². The maximum absolute atomic E-state index is 12.3. The van der Waals surface area contributed by atoms with Crippen LogP contribution in [-0.4, -0.2) is 23.4 Å². The van der Waals surface area contributed by atoms with Crippen molar-refractivity contribution in [3.8, 4) is 0 Å². The van der Waals surface area contributed by atoms with Gasteiger partial charge in [-0.05, 0) is 55.0 Å². The topological polar surface area (TPSA) is 66.4 Å². The minimum Gasteiger partial charge on any atom is -0.481 e. The number of carbonyl (C=O) groups excluding carboxylic acids is 1. The van der Waals surface area contributed by atoms with Crippen LogP contribution in [-0.2, 0) is 4.79 Å². The van der Waals surface area contributed by atoms with Crippen LogP contribution in [0.25, 0.3) is 0 Å². The van der Waals surface area contributed by atoms with E-state index in [9.17, 15) is 9.59 Å². The Hall–Kier alpha value is -2.33. The molecule has 5 heteroatoms. The first kappa shape index (κ1) is 16.0. The monoisotopic (exact) mass is 317 g/mol. The van der Waals surface area contributed by atoms with Gasteiger partial charge in [-0.15, -0.1) is 0 Å². The number of carboxylic acid groups (broad SMARTS) is 1. The van der Waals surface area contributed by atoms with E-state index < -0.39 is 5.97 Å². The molecule has 0 radical (unpaired) electrons. The average Bonchev–Trinajstić information content (AvgIpc) is 2.52. The highest BCUT2D eigenvalue weighted by molar-refractivity contribution is 6.30. The number of benzene rings is 2. The van der Waals surface area contributed by atoms with Crippen LogP contribution in [0.1, 0.15) is 28.8 Å². The SMILES string of the molecule is O=C(O)CCCNc1ccc(C(=O)c2ccc(Cl)cc2)cc1. The van der Waals surface area contributed by atoms with E-state index in [0.717, 1.165) is 5.69 Å². The van der Waals surface area contributed by atoms with Gasteiger partial charge >= 0.3 is 5.97 Å². The second-order valence-electron chi connectivity index (χ2n) is 4.84. The van der Waals surface area contributed by atoms with E-state index in [0.29, 0.717) is 29.1 Å². The zero-order chi connectivity index (χ0) is 15.9. The average molecular weight is 318 g/mol. The molecule has 2 rings (SSSR count). The minimum absolute atomic E-state index is 0.0610. The molecule has 0 aliphatic heterocycles. The number of ketones is 1. The van der Waals surface area contributed by atoms with Crippen molar-refractivity contribution in [3.63, 3.8) is 0 Å². The van der Waals surface area contributed by atoms with Crippen LogP contribution in [0.4, 0.5) is 5.69 Å². The first-order valence-electron chi connectivity index (χ1n) is 6.92. The zero-order valence-electron chi connectivity index (χ0n) is 11.9. The lowest BCUT2D eigenvalue weighted by Crippen LogP contribution is -2.05. The molecule has 0 unspecified atom stereocenters. The Bertz CT molecular complexity index is 651. The summed E-state index contributed by atoms with van der Waals surface area (Å²) in [5.74, 6) is -0.861. The summed E-state index contributed by atoms with van der Waals surface area (Å²) in [6.07, 6.45) is 0.695. The third kappa shape index (κ3) is 4.60. The van der Waals surface area contributed by atoms with Crippen molar-refractivity contribution >= 4 is 29.0 Å². The molecule has 0 heterocycles. The number of nitrogens with one attached hydrogen (secondary N) is 1. The molecular formula is C17H16ClNO3. The lowest BCUT2D eigenvalue weighted by atomic mass is 10.0. The predicted molar refractivity (Wildman–Crippen MR) is 86.7 cm³/mol. The van der Waals surface area contributed by atoms with Crippen LogP contribution in [0.5, 0.6) is 0 Å². The minimum atomic E-state index is -0.800. The van der Waals surface area contributed by atoms with Crippen LogP contribution >= 0.6 is 11.6 Å². The van der Waals surface area contributed by atoms with Gasteiger partial charge in [-0.25, -0.2) is 0 Å². The summed E-state index contributed by atoms with van der Waals surface area (Å²) in [5.41, 5.74) is 2.04. The van der Waals surface area contributed by atoms with Crippen molar-refractivity contribution in [3.05, 3.63) is 64.7 Å². The summed E-state index contributed by atoms with van der Waals surface area (Å²) in [6, 6.07) is 13.9. The lowest BCUT2D eigenvalue weighted by molar-refractivity contribution is -0.137. The van der Waals surface area contributed by atoms with Crippen molar-refractivity contribution in [2.75, 3.05) is 11.9 Å². The highest BCUT2D eigenvalue weighted by Crippen LogP contribution is 2.16. The van der Waals surface area contributed by atoms with Crippen molar-refractivity contribution in [1.29, 1.82) is 0 Å². The Kier molecular flexibility index (Phi) is 5.55. The molecule has 0 aliphatic rings. The molecule has 0 amide bonds. The van der Waals surface area contributed by atoms with Crippen LogP contribution in [0.15, 0.2) is 48.5 Å². The first-order chi connectivity index (χ1) is 10.6. The quantitative estimate of drug-likeness (QED) is 0.601. The highest BCUT2D eigenvalue weighted by atomic mass is 35.5. The van der Waals surface area contributed by atoms with Crippen LogP contribution in [0.2, 0.25) is 5.02 Å². The maximum atomic E-state index is 12.3. The van der Waals surface area contributed by atoms with E-state index in [-0.39, 0.29) is 12.2 Å². The van der Waals surface area contributed by atoms with Gasteiger partial charge in [0.25, 0.3) is 0 Å². The molecule has 4 nitrogen and oxygen atoms in total. The highest BCUT2D eigenvalue weighted by Gasteiger charge is 2.08. The molecular weight excluding hydrogens is 302 g/mol. The van der Waals surface area contributed by atoms with Crippen molar-refractivity contribution in [2.45, 2.75) is 12.8 Å². The van der Waals surface area contributed by atoms with Gasteiger partial charge in [0.05, 0.1) is 0 Å². The Balaban J connectivity index is 1.95. The molecule has 0 saturated heterocycles. The fraction of sp³-hybridized carbons (Fsp3) is 0.176. The van der Waals surface area contributed by atoms with Crippen molar-refractivity contribution in [1.82, 2.24) is 0 Å². The van der Waals surface area contributed by atoms with E-state index in [1.807, 2.05) is 12.1 Å². The fourth-order valence-corrected chi connectivity index (χ4v) is 2.11. The van der Waals surface area contributed by atoms with Gasteiger partial charge in [0.2, 0.25) is 0 Å². The Morgan fingerprint density at radius 1 is 0.955 bits per heavy atom. The van der Waals surface area contributed by atoms with Crippen LogP contribution < -0.4 is 5.32 Å². The van der Waals surface area contributed by atoms with Gasteiger partial charge in [-0.1, -0.05) is 11.6 Å². The van der Waals surface area contributed by atoms with E-state index in [4.69, 9.17) is 16.7 Å². The molecule has 2 aromatic rings. The molecule has 0 spiro atoms. The van der Waals surface area contributed by atoms with Gasteiger partial charge < -0.3 is 10.4 Å². The van der Waals surface area contributed by atoms with Gasteiger partial charge in [-0.2, -0.15) is 0 Å². The number of aliphatic carboxylic acids is 1. The molecule has 0 aliphatic carbocycles. The Labute approximate surface area is 133 Å². The summed E-state index contributed by atoms with van der Waals surface area (Å²) in [6.45, 7) is 0.580. The molecule has 22 heavy (non-hydrogen) atoms. The normalized spacial score (nSPS) is 10.2. The van der Waals surface area contributed by atoms with Gasteiger partial charge in [0, 0.05) is 34.8 Å². The molecule has 0 fully saturated rings. The van der Waals surface area contributed by atoms with Gasteiger partial charge in [0.15, 0.2) is 5.78 Å². The zero-order valence-corrected chi connectivity index (χ0v) is 12.6. The largest absolute Gasteiger partial charge is 0.481 e. The number of carboxylic acids is 1. The molecule has 0 aromatic heterocycles. The van der Waals surface area contributed by atoms with Crippen molar-refractivity contribution in [2.24, 2.45) is 0 Å². The summed E-state index contributed by atoms with van der Waals surface area (Å²) in [7, 11) is 0. The summed E-state index contributed by atoms with van der Waals surface area (Å²) < 4.78 is 0. The number of anilines is 1. The third-order valence-electron chi connectivity index (χ3n) is 3.15. The second kappa shape index (κ2) is 7.61. The van der Waals surface area contributed by atoms with E-state index in [1.54, 1.807) is 36.4 Å². The molecule has 0 saturated carbocycles. The Morgan fingerprint density at radius 2 is 1.50 bits per heavy atom. The fourth-order valence-electron chi connectivity index (χ4n) is 1.98. The van der Waals surface area contributed by atoms with E-state index in [1.165, 1.54) is 0 Å². The standard InChI is InChI=1S/C17H16ClNO3/c18-14-7-3-12(4-8-14)17(22)13-5-9-15(10-6-13)19-11-1-2-16(20)21/h3-10,19H,1-2,11H2,(H,20,21).